The Morgan fingerprint density at radius 3 is 2.10 bits per heavy atom. The molecule has 154 valence electrons. The minimum Gasteiger partial charge on any atom is -0.334 e. The van der Waals surface area contributed by atoms with Crippen molar-refractivity contribution in [3.63, 3.8) is 0 Å². The van der Waals surface area contributed by atoms with E-state index in [-0.39, 0.29) is 18.1 Å². The van der Waals surface area contributed by atoms with Crippen molar-refractivity contribution in [2.45, 2.75) is 32.4 Å². The molecule has 2 N–H and O–H groups in total. The second kappa shape index (κ2) is 9.09. The van der Waals surface area contributed by atoms with Crippen molar-refractivity contribution in [1.29, 1.82) is 0 Å². The summed E-state index contributed by atoms with van der Waals surface area (Å²) in [4.78, 5) is 19.4. The largest absolute Gasteiger partial charge is 0.334 e. The van der Waals surface area contributed by atoms with E-state index in [1.807, 2.05) is 38.1 Å². The molecule has 0 radical (unpaired) electrons. The number of amides is 2. The third-order valence-electron chi connectivity index (χ3n) is 5.49. The van der Waals surface area contributed by atoms with Gasteiger partial charge < -0.3 is 10.6 Å². The number of nitrogens with zero attached hydrogens (tertiary/aromatic N) is 2. The van der Waals surface area contributed by atoms with Crippen molar-refractivity contribution < 1.29 is 4.79 Å². The van der Waals surface area contributed by atoms with Crippen LogP contribution in [0.4, 0.5) is 10.5 Å². The van der Waals surface area contributed by atoms with Crippen LogP contribution >= 0.6 is 0 Å². The summed E-state index contributed by atoms with van der Waals surface area (Å²) >= 11 is 0. The normalized spacial score (nSPS) is 16.6. The van der Waals surface area contributed by atoms with Gasteiger partial charge in [0.15, 0.2) is 0 Å². The van der Waals surface area contributed by atoms with Gasteiger partial charge in [0.05, 0.1) is 6.04 Å². The highest BCUT2D eigenvalue weighted by Crippen LogP contribution is 2.31. The van der Waals surface area contributed by atoms with E-state index in [0.717, 1.165) is 36.6 Å². The van der Waals surface area contributed by atoms with Crippen molar-refractivity contribution in [1.82, 2.24) is 15.2 Å². The van der Waals surface area contributed by atoms with Crippen LogP contribution in [0.2, 0.25) is 0 Å². The molecule has 30 heavy (non-hydrogen) atoms. The smallest absolute Gasteiger partial charge is 0.319 e. The third-order valence-corrected chi connectivity index (χ3v) is 5.49. The molecule has 1 aromatic heterocycles. The Bertz CT molecular complexity index is 931. The number of hydrogen-bond acceptors (Lipinski definition) is 3. The molecule has 1 fully saturated rings. The minimum atomic E-state index is -0.164. The van der Waals surface area contributed by atoms with Gasteiger partial charge in [0.1, 0.15) is 0 Å². The van der Waals surface area contributed by atoms with E-state index in [0.29, 0.717) is 0 Å². The van der Waals surface area contributed by atoms with Crippen LogP contribution in [0.5, 0.6) is 0 Å². The molecule has 2 heterocycles. The van der Waals surface area contributed by atoms with Crippen molar-refractivity contribution in [2.75, 3.05) is 18.4 Å². The summed E-state index contributed by atoms with van der Waals surface area (Å²) in [7, 11) is 0. The molecule has 1 aliphatic heterocycles. The maximum Gasteiger partial charge on any atom is 0.319 e. The molecule has 1 aliphatic rings. The first-order valence-electron chi connectivity index (χ1n) is 10.5. The first kappa shape index (κ1) is 20.1. The molecule has 3 aromatic rings. The molecule has 2 amide bonds. The zero-order valence-corrected chi connectivity index (χ0v) is 17.5. The number of rotatable bonds is 5. The van der Waals surface area contributed by atoms with Gasteiger partial charge >= 0.3 is 6.03 Å². The highest BCUT2D eigenvalue weighted by molar-refractivity contribution is 5.89. The van der Waals surface area contributed by atoms with Gasteiger partial charge in [-0.2, -0.15) is 0 Å². The molecule has 4 rings (SSSR count). The van der Waals surface area contributed by atoms with E-state index < -0.39 is 0 Å². The summed E-state index contributed by atoms with van der Waals surface area (Å²) in [5, 5.41) is 6.09. The van der Waals surface area contributed by atoms with Crippen LogP contribution in [-0.2, 0) is 0 Å². The first-order valence-corrected chi connectivity index (χ1v) is 10.5. The summed E-state index contributed by atoms with van der Waals surface area (Å²) in [5.41, 5.74) is 5.11. The van der Waals surface area contributed by atoms with Crippen LogP contribution in [-0.4, -0.2) is 35.0 Å². The quantitative estimate of drug-likeness (QED) is 0.654. The Morgan fingerprint density at radius 1 is 0.967 bits per heavy atom. The van der Waals surface area contributed by atoms with Crippen molar-refractivity contribution in [3.8, 4) is 0 Å². The maximum atomic E-state index is 12.5. The predicted molar refractivity (Wildman–Crippen MR) is 121 cm³/mol. The number of benzene rings is 2. The van der Waals surface area contributed by atoms with E-state index in [1.54, 1.807) is 0 Å². The van der Waals surface area contributed by atoms with Crippen LogP contribution < -0.4 is 10.6 Å². The summed E-state index contributed by atoms with van der Waals surface area (Å²) < 4.78 is 0. The van der Waals surface area contributed by atoms with E-state index in [2.05, 4.69) is 69.0 Å². The van der Waals surface area contributed by atoms with Crippen molar-refractivity contribution in [2.24, 2.45) is 0 Å². The monoisotopic (exact) mass is 400 g/mol. The highest BCUT2D eigenvalue weighted by Gasteiger charge is 2.30. The summed E-state index contributed by atoms with van der Waals surface area (Å²) in [6.07, 6.45) is 0.929. The van der Waals surface area contributed by atoms with Gasteiger partial charge in [-0.15, -0.1) is 0 Å². The summed E-state index contributed by atoms with van der Waals surface area (Å²) in [5.74, 6) is 0. The Morgan fingerprint density at radius 2 is 1.53 bits per heavy atom. The Kier molecular flexibility index (Phi) is 6.10. The lowest BCUT2D eigenvalue weighted by molar-refractivity contribution is 0.244. The number of hydrogen-bond donors (Lipinski definition) is 2. The second-order valence-electron chi connectivity index (χ2n) is 7.94. The number of carbonyl (C=O) groups is 1. The molecule has 2 aromatic carbocycles. The highest BCUT2D eigenvalue weighted by atomic mass is 16.2. The van der Waals surface area contributed by atoms with Crippen molar-refractivity contribution in [3.05, 3.63) is 95.3 Å². The fraction of sp³-hybridized carbons (Fsp3) is 0.280. The van der Waals surface area contributed by atoms with E-state index in [9.17, 15) is 4.79 Å². The average molecular weight is 401 g/mol. The number of urea groups is 1. The molecule has 0 aliphatic carbocycles. The SMILES string of the molecule is Cc1cc(NC(=O)N[C@H]2CCN(C(c3ccccc3)c3ccccc3)C2)cc(C)n1. The van der Waals surface area contributed by atoms with Gasteiger partial charge in [-0.1, -0.05) is 60.7 Å². The molecule has 0 saturated carbocycles. The molecule has 0 spiro atoms. The molecular weight excluding hydrogens is 372 g/mol. The standard InChI is InChI=1S/C25H28N4O/c1-18-15-23(16-19(2)26-18)28-25(30)27-22-13-14-29(17-22)24(20-9-5-3-6-10-20)21-11-7-4-8-12-21/h3-12,15-16,22,24H,13-14,17H2,1-2H3,(H2,26,27,28,30)/t22-/m0/s1. The zero-order chi connectivity index (χ0) is 20.9. The third kappa shape index (κ3) is 4.86. The fourth-order valence-corrected chi connectivity index (χ4v) is 4.28. The van der Waals surface area contributed by atoms with Gasteiger partial charge in [-0.05, 0) is 43.5 Å². The van der Waals surface area contributed by atoms with Gasteiger partial charge in [-0.25, -0.2) is 4.79 Å². The molecule has 1 atom stereocenters. The lowest BCUT2D eigenvalue weighted by Crippen LogP contribution is -2.40. The number of likely N-dealkylation sites (tertiary alicyclic amines) is 1. The topological polar surface area (TPSA) is 57.3 Å². The van der Waals surface area contributed by atoms with E-state index in [1.165, 1.54) is 11.1 Å². The van der Waals surface area contributed by atoms with Crippen LogP contribution in [0.3, 0.4) is 0 Å². The van der Waals surface area contributed by atoms with E-state index >= 15 is 0 Å². The second-order valence-corrected chi connectivity index (χ2v) is 7.94. The molecule has 0 bridgehead atoms. The number of nitrogens with one attached hydrogen (secondary N) is 2. The molecule has 5 heteroatoms. The molecular formula is C25H28N4O. The van der Waals surface area contributed by atoms with Crippen LogP contribution in [0.25, 0.3) is 0 Å². The number of pyridine rings is 1. The maximum absolute atomic E-state index is 12.5. The summed E-state index contributed by atoms with van der Waals surface area (Å²) in [6.45, 7) is 5.61. The lowest BCUT2D eigenvalue weighted by atomic mass is 9.97. The zero-order valence-electron chi connectivity index (χ0n) is 17.5. The van der Waals surface area contributed by atoms with Crippen molar-refractivity contribution >= 4 is 11.7 Å². The number of anilines is 1. The molecule has 0 unspecified atom stereocenters. The van der Waals surface area contributed by atoms with Crippen LogP contribution in [0.15, 0.2) is 72.8 Å². The minimum absolute atomic E-state index is 0.115. The number of aromatic nitrogens is 1. The summed E-state index contributed by atoms with van der Waals surface area (Å²) in [6, 6.07) is 25.1. The average Bonchev–Trinajstić information content (AvgIpc) is 3.16. The Balaban J connectivity index is 1.43. The van der Waals surface area contributed by atoms with Crippen LogP contribution in [0.1, 0.15) is 35.0 Å². The van der Waals surface area contributed by atoms with E-state index in [4.69, 9.17) is 0 Å². The molecule has 1 saturated heterocycles. The number of aryl methyl sites for hydroxylation is 2. The lowest BCUT2D eigenvalue weighted by Gasteiger charge is -2.29. The number of carbonyl (C=O) groups excluding carboxylic acids is 1. The fourth-order valence-electron chi connectivity index (χ4n) is 4.28. The van der Waals surface area contributed by atoms with Gasteiger partial charge in [0.2, 0.25) is 0 Å². The predicted octanol–water partition coefficient (Wildman–Crippen LogP) is 4.68. The van der Waals surface area contributed by atoms with Crippen LogP contribution in [0, 0.1) is 13.8 Å². The Hall–Kier alpha value is -3.18. The van der Waals surface area contributed by atoms with Gasteiger partial charge in [-0.3, -0.25) is 9.88 Å². The van der Waals surface area contributed by atoms with Gasteiger partial charge in [0.25, 0.3) is 0 Å². The first-order chi connectivity index (χ1) is 14.6. The molecule has 5 nitrogen and oxygen atoms in total. The van der Waals surface area contributed by atoms with Gasteiger partial charge in [0, 0.05) is 36.2 Å². The Labute approximate surface area is 178 Å².